The number of hydrogen-bond acceptors (Lipinski definition) is 1. The summed E-state index contributed by atoms with van der Waals surface area (Å²) in [5.74, 6) is -0.645. The minimum Gasteiger partial charge on any atom is -0.370 e. The van der Waals surface area contributed by atoms with Crippen molar-refractivity contribution in [3.05, 3.63) is 35.4 Å². The zero-order valence-corrected chi connectivity index (χ0v) is 11.8. The average Bonchev–Trinajstić information content (AvgIpc) is 3.18. The van der Waals surface area contributed by atoms with Crippen LogP contribution in [-0.2, 0) is 5.41 Å². The fourth-order valence-corrected chi connectivity index (χ4v) is 2.27. The van der Waals surface area contributed by atoms with E-state index in [0.717, 1.165) is 38.3 Å². The lowest BCUT2D eigenvalue weighted by atomic mass is 9.95. The number of hydrogen-bond donors (Lipinski definition) is 2. The maximum Gasteiger partial charge on any atom is 0.188 e. The van der Waals surface area contributed by atoms with Crippen LogP contribution in [0, 0.1) is 11.6 Å². The quantitative estimate of drug-likeness (QED) is 0.478. The van der Waals surface area contributed by atoms with Gasteiger partial charge in [0, 0.05) is 18.0 Å². The highest BCUT2D eigenvalue weighted by atomic mass is 19.1. The first kappa shape index (κ1) is 14.8. The van der Waals surface area contributed by atoms with E-state index in [2.05, 4.69) is 17.2 Å². The number of aliphatic imine (C=N–C) groups is 1. The summed E-state index contributed by atoms with van der Waals surface area (Å²) in [5.41, 5.74) is 6.02. The molecule has 0 bridgehead atoms. The minimum absolute atomic E-state index is 0.297. The number of nitrogens with zero attached hydrogens (tertiary/aromatic N) is 1. The van der Waals surface area contributed by atoms with Gasteiger partial charge in [0.2, 0.25) is 0 Å². The highest BCUT2D eigenvalue weighted by molar-refractivity contribution is 5.77. The molecule has 0 unspecified atom stereocenters. The Morgan fingerprint density at radius 3 is 2.75 bits per heavy atom. The van der Waals surface area contributed by atoms with Crippen molar-refractivity contribution in [1.29, 1.82) is 0 Å². The van der Waals surface area contributed by atoms with Crippen molar-refractivity contribution in [2.75, 3.05) is 13.1 Å². The molecule has 0 amide bonds. The normalized spacial score (nSPS) is 17.1. The van der Waals surface area contributed by atoms with Gasteiger partial charge < -0.3 is 11.1 Å². The van der Waals surface area contributed by atoms with Gasteiger partial charge in [0.25, 0.3) is 0 Å². The SMILES string of the molecule is CCCCNC(N)=NCC1(c2ccc(F)cc2F)CC1. The van der Waals surface area contributed by atoms with Gasteiger partial charge in [-0.3, -0.25) is 4.99 Å². The maximum absolute atomic E-state index is 13.8. The minimum atomic E-state index is -0.550. The first-order valence-corrected chi connectivity index (χ1v) is 7.07. The number of nitrogens with one attached hydrogen (secondary N) is 1. The highest BCUT2D eigenvalue weighted by Crippen LogP contribution is 2.49. The molecule has 1 saturated carbocycles. The van der Waals surface area contributed by atoms with Gasteiger partial charge in [-0.25, -0.2) is 8.78 Å². The molecule has 0 heterocycles. The van der Waals surface area contributed by atoms with Crippen LogP contribution < -0.4 is 11.1 Å². The number of guanidine groups is 1. The molecule has 1 aliphatic rings. The van der Waals surface area contributed by atoms with Crippen LogP contribution in [0.2, 0.25) is 0 Å². The first-order valence-electron chi connectivity index (χ1n) is 7.07. The van der Waals surface area contributed by atoms with E-state index in [1.54, 1.807) is 0 Å². The number of halogens is 2. The van der Waals surface area contributed by atoms with E-state index in [-0.39, 0.29) is 5.41 Å². The molecule has 0 radical (unpaired) electrons. The molecule has 0 atom stereocenters. The van der Waals surface area contributed by atoms with Gasteiger partial charge in [-0.15, -0.1) is 0 Å². The van der Waals surface area contributed by atoms with E-state index in [9.17, 15) is 8.78 Å². The van der Waals surface area contributed by atoms with E-state index >= 15 is 0 Å². The van der Waals surface area contributed by atoms with Crippen molar-refractivity contribution in [2.45, 2.75) is 38.0 Å². The molecular weight excluding hydrogens is 260 g/mol. The van der Waals surface area contributed by atoms with Crippen LogP contribution in [0.25, 0.3) is 0 Å². The van der Waals surface area contributed by atoms with Crippen molar-refractivity contribution in [1.82, 2.24) is 5.32 Å². The molecule has 2 rings (SSSR count). The van der Waals surface area contributed by atoms with Crippen molar-refractivity contribution >= 4 is 5.96 Å². The smallest absolute Gasteiger partial charge is 0.188 e. The summed E-state index contributed by atoms with van der Waals surface area (Å²) >= 11 is 0. The van der Waals surface area contributed by atoms with Crippen molar-refractivity contribution in [3.63, 3.8) is 0 Å². The first-order chi connectivity index (χ1) is 9.57. The summed E-state index contributed by atoms with van der Waals surface area (Å²) in [6, 6.07) is 3.75. The van der Waals surface area contributed by atoms with Crippen LogP contribution in [0.5, 0.6) is 0 Å². The summed E-state index contributed by atoms with van der Waals surface area (Å²) in [6.45, 7) is 3.34. The van der Waals surface area contributed by atoms with Crippen LogP contribution in [0.1, 0.15) is 38.2 Å². The fraction of sp³-hybridized carbons (Fsp3) is 0.533. The molecule has 3 N–H and O–H groups in total. The molecule has 1 fully saturated rings. The van der Waals surface area contributed by atoms with Crippen LogP contribution in [-0.4, -0.2) is 19.0 Å². The third kappa shape index (κ3) is 3.46. The molecular formula is C15H21F2N3. The lowest BCUT2D eigenvalue weighted by Crippen LogP contribution is -2.33. The molecule has 0 saturated heterocycles. The summed E-state index contributed by atoms with van der Waals surface area (Å²) in [7, 11) is 0. The topological polar surface area (TPSA) is 50.4 Å². The zero-order chi connectivity index (χ0) is 14.6. The molecule has 20 heavy (non-hydrogen) atoms. The molecule has 1 aromatic rings. The zero-order valence-electron chi connectivity index (χ0n) is 11.8. The Hall–Kier alpha value is -1.65. The molecule has 1 aliphatic carbocycles. The lowest BCUT2D eigenvalue weighted by Gasteiger charge is -2.15. The Morgan fingerprint density at radius 1 is 1.40 bits per heavy atom. The Morgan fingerprint density at radius 2 is 2.15 bits per heavy atom. The van der Waals surface area contributed by atoms with Gasteiger partial charge in [0.1, 0.15) is 11.6 Å². The fourth-order valence-electron chi connectivity index (χ4n) is 2.27. The Labute approximate surface area is 118 Å². The number of unbranched alkanes of at least 4 members (excludes halogenated alkanes) is 1. The average molecular weight is 281 g/mol. The van der Waals surface area contributed by atoms with Gasteiger partial charge in [0.15, 0.2) is 5.96 Å². The molecule has 3 nitrogen and oxygen atoms in total. The summed E-state index contributed by atoms with van der Waals surface area (Å²) in [6.07, 6.45) is 3.85. The molecule has 0 aliphatic heterocycles. The summed E-state index contributed by atoms with van der Waals surface area (Å²) in [4.78, 5) is 4.29. The second-order valence-corrected chi connectivity index (χ2v) is 5.39. The monoisotopic (exact) mass is 281 g/mol. The van der Waals surface area contributed by atoms with Crippen LogP contribution >= 0.6 is 0 Å². The third-order valence-electron chi connectivity index (χ3n) is 3.74. The Balaban J connectivity index is 1.99. The van der Waals surface area contributed by atoms with Gasteiger partial charge >= 0.3 is 0 Å². The molecule has 0 aromatic heterocycles. The van der Waals surface area contributed by atoms with Gasteiger partial charge in [-0.05, 0) is 30.9 Å². The number of nitrogens with two attached hydrogens (primary N) is 1. The van der Waals surface area contributed by atoms with Crippen molar-refractivity contribution < 1.29 is 8.78 Å². The second kappa shape index (κ2) is 6.20. The summed E-state index contributed by atoms with van der Waals surface area (Å²) in [5, 5.41) is 3.03. The van der Waals surface area contributed by atoms with Gasteiger partial charge in [-0.1, -0.05) is 19.4 Å². The van der Waals surface area contributed by atoms with Gasteiger partial charge in [0.05, 0.1) is 6.54 Å². The van der Waals surface area contributed by atoms with Gasteiger partial charge in [-0.2, -0.15) is 0 Å². The third-order valence-corrected chi connectivity index (χ3v) is 3.74. The molecule has 5 heteroatoms. The van der Waals surface area contributed by atoms with Crippen molar-refractivity contribution in [2.24, 2.45) is 10.7 Å². The van der Waals surface area contributed by atoms with E-state index in [1.807, 2.05) is 0 Å². The predicted molar refractivity (Wildman–Crippen MR) is 76.7 cm³/mol. The Bertz CT molecular complexity index is 496. The standard InChI is InChI=1S/C15H21F2N3/c1-2-3-8-19-14(18)20-10-15(6-7-15)12-5-4-11(16)9-13(12)17/h4-5,9H,2-3,6-8,10H2,1H3,(H3,18,19,20). The van der Waals surface area contributed by atoms with Crippen molar-refractivity contribution in [3.8, 4) is 0 Å². The Kier molecular flexibility index (Phi) is 4.57. The molecule has 0 spiro atoms. The highest BCUT2D eigenvalue weighted by Gasteiger charge is 2.45. The van der Waals surface area contributed by atoms with E-state index in [4.69, 9.17) is 5.73 Å². The predicted octanol–water partition coefficient (Wildman–Crippen LogP) is 2.70. The van der Waals surface area contributed by atoms with E-state index in [1.165, 1.54) is 12.1 Å². The van der Waals surface area contributed by atoms with Crippen LogP contribution in [0.4, 0.5) is 8.78 Å². The van der Waals surface area contributed by atoms with Crippen LogP contribution in [0.15, 0.2) is 23.2 Å². The summed E-state index contributed by atoms with van der Waals surface area (Å²) < 4.78 is 26.8. The lowest BCUT2D eigenvalue weighted by molar-refractivity contribution is 0.549. The molecule has 1 aromatic carbocycles. The molecule has 110 valence electrons. The number of rotatable bonds is 6. The second-order valence-electron chi connectivity index (χ2n) is 5.39. The maximum atomic E-state index is 13.8. The van der Waals surface area contributed by atoms with E-state index in [0.29, 0.717) is 18.1 Å². The largest absolute Gasteiger partial charge is 0.370 e. The number of benzene rings is 1. The van der Waals surface area contributed by atoms with Crippen LogP contribution in [0.3, 0.4) is 0 Å². The van der Waals surface area contributed by atoms with E-state index < -0.39 is 11.6 Å².